The maximum Gasteiger partial charge on any atom is 0.119 e. The van der Waals surface area contributed by atoms with Gasteiger partial charge in [0.2, 0.25) is 0 Å². The van der Waals surface area contributed by atoms with Crippen LogP contribution in [0.15, 0.2) is 12.1 Å². The average Bonchev–Trinajstić information content (AvgIpc) is 2.07. The van der Waals surface area contributed by atoms with Crippen molar-refractivity contribution in [3.05, 3.63) is 28.1 Å². The second-order valence-corrected chi connectivity index (χ2v) is 2.76. The van der Waals surface area contributed by atoms with Crippen molar-refractivity contribution in [1.82, 2.24) is 0 Å². The average molecular weight is 199 g/mol. The molecule has 7 nitrogen and oxygen atoms in total. The number of aryl methyl sites for hydroxylation is 1. The molecule has 0 unspecified atom stereocenters. The molecule has 0 bridgehead atoms. The van der Waals surface area contributed by atoms with Gasteiger partial charge in [-0.15, -0.1) is 5.23 Å². The Morgan fingerprint density at radius 1 is 1.21 bits per heavy atom. The molecule has 7 heteroatoms. The van der Waals surface area contributed by atoms with E-state index in [9.17, 15) is 10.4 Å². The van der Waals surface area contributed by atoms with E-state index < -0.39 is 5.23 Å². The summed E-state index contributed by atoms with van der Waals surface area (Å²) in [5.74, 6) is 0. The number of anilines is 3. The van der Waals surface area contributed by atoms with Crippen molar-refractivity contribution in [1.29, 1.82) is 0 Å². The van der Waals surface area contributed by atoms with Crippen LogP contribution in [0.5, 0.6) is 0 Å². The smallest absolute Gasteiger partial charge is 0.119 e. The maximum atomic E-state index is 10.5. The zero-order valence-corrected chi connectivity index (χ0v) is 7.34. The number of hydrogen-bond acceptors (Lipinski definition) is 7. The lowest BCUT2D eigenvalue weighted by atomic mass is 10.1. The fourth-order valence-corrected chi connectivity index (χ4v) is 1.08. The van der Waals surface area contributed by atoms with Gasteiger partial charge in [0.15, 0.2) is 0 Å². The molecule has 0 saturated carbocycles. The minimum atomic E-state index is -0.685. The molecule has 0 aliphatic rings. The molecule has 0 saturated heterocycles. The van der Waals surface area contributed by atoms with Gasteiger partial charge in [0, 0.05) is 5.69 Å². The minimum Gasteiger partial charge on any atom is -0.769 e. The number of hydrogen-bond donors (Lipinski definition) is 3. The quantitative estimate of drug-likeness (QED) is 0.479. The highest BCUT2D eigenvalue weighted by Crippen LogP contribution is 2.32. The molecule has 0 spiro atoms. The summed E-state index contributed by atoms with van der Waals surface area (Å²) in [6.45, 7) is 1.58. The lowest BCUT2D eigenvalue weighted by Gasteiger charge is -2.39. The van der Waals surface area contributed by atoms with Crippen LogP contribution in [0.2, 0.25) is 0 Å². The zero-order valence-electron chi connectivity index (χ0n) is 7.34. The van der Waals surface area contributed by atoms with E-state index in [0.29, 0.717) is 5.56 Å². The first-order valence-electron chi connectivity index (χ1n) is 3.66. The molecule has 1 aromatic carbocycles. The van der Waals surface area contributed by atoms with E-state index in [1.54, 1.807) is 6.92 Å². The summed E-state index contributed by atoms with van der Waals surface area (Å²) in [6, 6.07) is 2.57. The van der Waals surface area contributed by atoms with Gasteiger partial charge in [0.05, 0.1) is 5.69 Å². The van der Waals surface area contributed by atoms with Crippen molar-refractivity contribution in [3.8, 4) is 0 Å². The molecule has 0 fully saturated rings. The van der Waals surface area contributed by atoms with E-state index in [1.165, 1.54) is 12.1 Å². The molecule has 0 aliphatic heterocycles. The number of nitrogens with zero attached hydrogens (tertiary/aromatic N) is 2. The molecule has 1 aromatic rings. The topological polar surface area (TPSA) is 119 Å². The number of nitrogen functional groups attached to an aromatic ring is 1. The molecule has 0 aliphatic carbocycles. The van der Waals surface area contributed by atoms with E-state index in [0.717, 1.165) is 0 Å². The Bertz CT molecular complexity index is 311. The summed E-state index contributed by atoms with van der Waals surface area (Å²) in [5.41, 5.74) is 5.01. The van der Waals surface area contributed by atoms with Crippen LogP contribution in [-0.2, 0) is 0 Å². The lowest BCUT2D eigenvalue weighted by Crippen LogP contribution is -2.16. The van der Waals surface area contributed by atoms with Gasteiger partial charge in [-0.25, -0.2) is 0 Å². The van der Waals surface area contributed by atoms with Crippen molar-refractivity contribution in [2.24, 2.45) is 0 Å². The summed E-state index contributed by atoms with van der Waals surface area (Å²) < 4.78 is 0. The molecule has 0 radical (unpaired) electrons. The SMILES string of the molecule is Cc1cc(N([O-])[O-])c(N)c(N(O)O)c1. The van der Waals surface area contributed by atoms with Crippen LogP contribution >= 0.6 is 0 Å². The molecule has 0 heterocycles. The van der Waals surface area contributed by atoms with Crippen molar-refractivity contribution >= 4 is 17.1 Å². The minimum absolute atomic E-state index is 0.211. The van der Waals surface area contributed by atoms with Gasteiger partial charge in [-0.3, -0.25) is 10.4 Å². The van der Waals surface area contributed by atoms with E-state index in [2.05, 4.69) is 0 Å². The zero-order chi connectivity index (χ0) is 10.9. The summed E-state index contributed by atoms with van der Waals surface area (Å²) in [5, 5.41) is 37.5. The van der Waals surface area contributed by atoms with Gasteiger partial charge in [-0.05, 0) is 24.6 Å². The summed E-state index contributed by atoms with van der Waals surface area (Å²) >= 11 is 0. The summed E-state index contributed by atoms with van der Waals surface area (Å²) in [6.07, 6.45) is 0. The number of rotatable bonds is 2. The standard InChI is InChI=1S/C7H9N3O4/c1-4-2-5(9(11)12)7(8)6(3-4)10(13)14/h2-3,11-12H,8H2,1H3/q-2. The molecule has 4 N–H and O–H groups in total. The van der Waals surface area contributed by atoms with Crippen molar-refractivity contribution in [2.45, 2.75) is 6.92 Å². The Labute approximate surface area is 79.6 Å². The Morgan fingerprint density at radius 3 is 2.14 bits per heavy atom. The first-order chi connectivity index (χ1) is 6.43. The molecule has 1 rings (SSSR count). The number of nitrogens with two attached hydrogens (primary N) is 1. The van der Waals surface area contributed by atoms with Gasteiger partial charge in [0.25, 0.3) is 0 Å². The fourth-order valence-electron chi connectivity index (χ4n) is 1.08. The first kappa shape index (κ1) is 10.5. The van der Waals surface area contributed by atoms with Gasteiger partial charge < -0.3 is 21.4 Å². The maximum absolute atomic E-state index is 10.5. The highest BCUT2D eigenvalue weighted by molar-refractivity contribution is 5.82. The summed E-state index contributed by atoms with van der Waals surface area (Å²) in [7, 11) is 0. The van der Waals surface area contributed by atoms with E-state index in [1.807, 2.05) is 0 Å². The molecule has 0 aromatic heterocycles. The molecule has 0 atom stereocenters. The highest BCUT2D eigenvalue weighted by Gasteiger charge is 2.09. The van der Waals surface area contributed by atoms with Gasteiger partial charge in [-0.2, -0.15) is 0 Å². The number of benzene rings is 1. The van der Waals surface area contributed by atoms with Crippen molar-refractivity contribution in [2.75, 3.05) is 16.2 Å². The first-order valence-corrected chi connectivity index (χ1v) is 3.66. The third kappa shape index (κ3) is 1.86. The van der Waals surface area contributed by atoms with Crippen LogP contribution in [0.25, 0.3) is 0 Å². The van der Waals surface area contributed by atoms with Gasteiger partial charge >= 0.3 is 0 Å². The van der Waals surface area contributed by atoms with Crippen LogP contribution in [0, 0.1) is 17.3 Å². The predicted molar refractivity (Wildman–Crippen MR) is 50.9 cm³/mol. The third-order valence-electron chi connectivity index (χ3n) is 1.69. The van der Waals surface area contributed by atoms with Crippen LogP contribution in [0.3, 0.4) is 0 Å². The molecular formula is C7H9N3O4-2. The summed E-state index contributed by atoms with van der Waals surface area (Å²) in [4.78, 5) is 0. The molecule has 78 valence electrons. The van der Waals surface area contributed by atoms with Crippen molar-refractivity contribution in [3.63, 3.8) is 0 Å². The molecular weight excluding hydrogens is 190 g/mol. The normalized spacial score (nSPS) is 10.1. The Balaban J connectivity index is 3.32. The van der Waals surface area contributed by atoms with Gasteiger partial charge in [0.1, 0.15) is 5.69 Å². The second kappa shape index (κ2) is 3.68. The Morgan fingerprint density at radius 2 is 1.71 bits per heavy atom. The third-order valence-corrected chi connectivity index (χ3v) is 1.69. The van der Waals surface area contributed by atoms with E-state index in [-0.39, 0.29) is 22.3 Å². The van der Waals surface area contributed by atoms with Crippen LogP contribution in [0.4, 0.5) is 17.1 Å². The lowest BCUT2D eigenvalue weighted by molar-refractivity contribution is 0.0296. The van der Waals surface area contributed by atoms with Gasteiger partial charge in [-0.1, -0.05) is 0 Å². The predicted octanol–water partition coefficient (Wildman–Crippen LogP) is 0.964. The highest BCUT2D eigenvalue weighted by atomic mass is 16.8. The second-order valence-electron chi connectivity index (χ2n) is 2.76. The van der Waals surface area contributed by atoms with E-state index in [4.69, 9.17) is 16.1 Å². The van der Waals surface area contributed by atoms with Crippen LogP contribution < -0.4 is 16.2 Å². The molecule has 0 amide bonds. The fraction of sp³-hybridized carbons (Fsp3) is 0.143. The van der Waals surface area contributed by atoms with Crippen molar-refractivity contribution < 1.29 is 10.4 Å². The molecule has 14 heavy (non-hydrogen) atoms. The van der Waals surface area contributed by atoms with Crippen LogP contribution in [-0.4, -0.2) is 10.4 Å². The monoisotopic (exact) mass is 199 g/mol. The van der Waals surface area contributed by atoms with Crippen LogP contribution in [0.1, 0.15) is 5.56 Å². The Hall–Kier alpha value is -1.54. The largest absolute Gasteiger partial charge is 0.769 e. The Kier molecular flexibility index (Phi) is 2.77. The van der Waals surface area contributed by atoms with E-state index >= 15 is 0 Å².